The first kappa shape index (κ1) is 24.2. The zero-order valence-electron chi connectivity index (χ0n) is 19.3. The second-order valence-corrected chi connectivity index (χ2v) is 9.36. The summed E-state index contributed by atoms with van der Waals surface area (Å²) >= 11 is 1.30. The van der Waals surface area contributed by atoms with E-state index in [0.717, 1.165) is 11.1 Å². The minimum Gasteiger partial charge on any atom is -0.354 e. The summed E-state index contributed by atoms with van der Waals surface area (Å²) in [5.41, 5.74) is 3.57. The number of hydrogen-bond acceptors (Lipinski definition) is 4. The molecule has 0 fully saturated rings. The van der Waals surface area contributed by atoms with Gasteiger partial charge < -0.3 is 16.0 Å². The molecule has 0 radical (unpaired) electrons. The lowest BCUT2D eigenvalue weighted by molar-refractivity contribution is -0.120. The van der Waals surface area contributed by atoms with E-state index in [4.69, 9.17) is 0 Å². The van der Waals surface area contributed by atoms with Gasteiger partial charge in [-0.15, -0.1) is 11.3 Å². The van der Waals surface area contributed by atoms with Gasteiger partial charge in [0.15, 0.2) is 0 Å². The molecule has 1 heterocycles. The van der Waals surface area contributed by atoms with Crippen LogP contribution in [0, 0.1) is 0 Å². The molecule has 3 aromatic rings. The van der Waals surface area contributed by atoms with Crippen LogP contribution in [0.4, 0.5) is 10.7 Å². The molecule has 7 heteroatoms. The summed E-state index contributed by atoms with van der Waals surface area (Å²) in [6.07, 6.45) is 0.283. The predicted molar refractivity (Wildman–Crippen MR) is 134 cm³/mol. The fourth-order valence-electron chi connectivity index (χ4n) is 3.24. The number of rotatable bonds is 8. The van der Waals surface area contributed by atoms with Crippen molar-refractivity contribution in [3.63, 3.8) is 0 Å². The number of thiophene rings is 1. The topological polar surface area (TPSA) is 87.3 Å². The highest BCUT2D eigenvalue weighted by Crippen LogP contribution is 2.25. The number of hydrogen-bond donors (Lipinski definition) is 3. The zero-order valence-corrected chi connectivity index (χ0v) is 20.1. The summed E-state index contributed by atoms with van der Waals surface area (Å²) in [7, 11) is 0. The molecule has 0 saturated carbocycles. The van der Waals surface area contributed by atoms with Crippen molar-refractivity contribution < 1.29 is 14.4 Å². The van der Waals surface area contributed by atoms with Crippen molar-refractivity contribution >= 4 is 39.7 Å². The van der Waals surface area contributed by atoms with Crippen molar-refractivity contribution in [2.75, 3.05) is 10.6 Å². The first-order valence-electron chi connectivity index (χ1n) is 10.9. The van der Waals surface area contributed by atoms with Crippen molar-refractivity contribution in [1.29, 1.82) is 0 Å². The van der Waals surface area contributed by atoms with E-state index >= 15 is 0 Å². The van der Waals surface area contributed by atoms with Gasteiger partial charge in [0.1, 0.15) is 5.00 Å². The molecule has 6 nitrogen and oxygen atoms in total. The van der Waals surface area contributed by atoms with Crippen LogP contribution in [0.25, 0.3) is 0 Å². The smallest absolute Gasteiger partial charge is 0.258 e. The molecule has 0 atom stereocenters. The van der Waals surface area contributed by atoms with E-state index in [1.165, 1.54) is 11.3 Å². The average Bonchev–Trinajstić information content (AvgIpc) is 3.22. The van der Waals surface area contributed by atoms with Crippen LogP contribution in [-0.2, 0) is 11.2 Å². The summed E-state index contributed by atoms with van der Waals surface area (Å²) in [5, 5.41) is 10.8. The van der Waals surface area contributed by atoms with Gasteiger partial charge in [-0.05, 0) is 66.6 Å². The number of anilines is 2. The van der Waals surface area contributed by atoms with E-state index in [2.05, 4.69) is 29.8 Å². The maximum Gasteiger partial charge on any atom is 0.258 e. The first-order chi connectivity index (χ1) is 15.7. The largest absolute Gasteiger partial charge is 0.354 e. The lowest BCUT2D eigenvalue weighted by Gasteiger charge is -2.10. The van der Waals surface area contributed by atoms with Gasteiger partial charge in [-0.3, -0.25) is 14.4 Å². The lowest BCUT2D eigenvalue weighted by Crippen LogP contribution is -2.31. The van der Waals surface area contributed by atoms with Crippen LogP contribution in [0.5, 0.6) is 0 Å². The summed E-state index contributed by atoms with van der Waals surface area (Å²) in [6, 6.07) is 16.4. The van der Waals surface area contributed by atoms with E-state index < -0.39 is 0 Å². The van der Waals surface area contributed by atoms with Gasteiger partial charge in [0.25, 0.3) is 11.8 Å². The Kier molecular flexibility index (Phi) is 8.01. The van der Waals surface area contributed by atoms with Gasteiger partial charge in [0.2, 0.25) is 5.91 Å². The molecular weight excluding hydrogens is 434 g/mol. The van der Waals surface area contributed by atoms with Crippen molar-refractivity contribution in [1.82, 2.24) is 5.32 Å². The Bertz CT molecular complexity index is 1120. The number of benzene rings is 2. The van der Waals surface area contributed by atoms with Crippen LogP contribution in [0.2, 0.25) is 0 Å². The predicted octanol–water partition coefficient (Wildman–Crippen LogP) is 5.44. The van der Waals surface area contributed by atoms with Gasteiger partial charge in [0, 0.05) is 17.3 Å². The molecule has 0 saturated heterocycles. The molecule has 0 aliphatic heterocycles. The monoisotopic (exact) mass is 463 g/mol. The quantitative estimate of drug-likeness (QED) is 0.415. The highest BCUT2D eigenvalue weighted by Gasteiger charge is 2.16. The third-order valence-corrected chi connectivity index (χ3v) is 5.83. The van der Waals surface area contributed by atoms with Crippen LogP contribution in [0.3, 0.4) is 0 Å². The minimum absolute atomic E-state index is 0.0423. The van der Waals surface area contributed by atoms with Crippen LogP contribution < -0.4 is 16.0 Å². The zero-order chi connectivity index (χ0) is 24.0. The van der Waals surface area contributed by atoms with Crippen molar-refractivity contribution in [3.8, 4) is 0 Å². The first-order valence-corrected chi connectivity index (χ1v) is 11.8. The van der Waals surface area contributed by atoms with Crippen LogP contribution in [0.15, 0.2) is 60.0 Å². The number of nitrogens with one attached hydrogen (secondary N) is 3. The molecule has 0 spiro atoms. The Morgan fingerprint density at radius 3 is 2.09 bits per heavy atom. The molecule has 33 heavy (non-hydrogen) atoms. The van der Waals surface area contributed by atoms with Crippen molar-refractivity contribution in [2.45, 2.75) is 46.1 Å². The Balaban J connectivity index is 1.62. The van der Waals surface area contributed by atoms with E-state index in [9.17, 15) is 14.4 Å². The van der Waals surface area contributed by atoms with Crippen molar-refractivity contribution in [3.05, 3.63) is 82.2 Å². The Morgan fingerprint density at radius 2 is 1.48 bits per heavy atom. The van der Waals surface area contributed by atoms with Gasteiger partial charge in [-0.2, -0.15) is 0 Å². The molecule has 0 aliphatic carbocycles. The second kappa shape index (κ2) is 10.9. The standard InChI is InChI=1S/C26H29N3O3S/c1-16(2)19-7-9-20(10-8-19)24(31)29-26-22(13-14-33-26)25(32)28-21-11-5-18(6-12-21)15-23(30)27-17(3)4/h5-14,16-17H,15H2,1-4H3,(H,27,30)(H,28,32)(H,29,31). The number of amides is 3. The van der Waals surface area contributed by atoms with Crippen LogP contribution >= 0.6 is 11.3 Å². The van der Waals surface area contributed by atoms with E-state index in [0.29, 0.717) is 27.7 Å². The maximum atomic E-state index is 12.8. The Morgan fingerprint density at radius 1 is 0.818 bits per heavy atom. The minimum atomic E-state index is -0.313. The Labute approximate surface area is 198 Å². The maximum absolute atomic E-state index is 12.8. The average molecular weight is 464 g/mol. The molecule has 3 amide bonds. The molecule has 172 valence electrons. The van der Waals surface area contributed by atoms with Crippen LogP contribution in [-0.4, -0.2) is 23.8 Å². The molecule has 0 bridgehead atoms. The highest BCUT2D eigenvalue weighted by molar-refractivity contribution is 7.14. The fourth-order valence-corrected chi connectivity index (χ4v) is 4.02. The molecule has 0 unspecified atom stereocenters. The highest BCUT2D eigenvalue weighted by atomic mass is 32.1. The van der Waals surface area contributed by atoms with Gasteiger partial charge >= 0.3 is 0 Å². The molecule has 3 rings (SSSR count). The molecular formula is C26H29N3O3S. The van der Waals surface area contributed by atoms with E-state index in [-0.39, 0.29) is 30.2 Å². The molecule has 3 N–H and O–H groups in total. The van der Waals surface area contributed by atoms with Gasteiger partial charge in [-0.25, -0.2) is 0 Å². The van der Waals surface area contributed by atoms with Crippen molar-refractivity contribution in [2.24, 2.45) is 0 Å². The summed E-state index contributed by atoms with van der Waals surface area (Å²) < 4.78 is 0. The number of carbonyl (C=O) groups excluding carboxylic acids is 3. The number of carbonyl (C=O) groups is 3. The second-order valence-electron chi connectivity index (χ2n) is 8.44. The van der Waals surface area contributed by atoms with E-state index in [1.54, 1.807) is 35.7 Å². The fraction of sp³-hybridized carbons (Fsp3) is 0.269. The molecule has 2 aromatic carbocycles. The summed E-state index contributed by atoms with van der Waals surface area (Å²) in [6.45, 7) is 8.03. The van der Waals surface area contributed by atoms with Gasteiger partial charge in [0.05, 0.1) is 12.0 Å². The Hall–Kier alpha value is -3.45. The van der Waals surface area contributed by atoms with Gasteiger partial charge in [-0.1, -0.05) is 38.1 Å². The summed E-state index contributed by atoms with van der Waals surface area (Å²) in [4.78, 5) is 37.3. The lowest BCUT2D eigenvalue weighted by atomic mass is 10.0. The van der Waals surface area contributed by atoms with E-state index in [1.807, 2.05) is 38.1 Å². The third kappa shape index (κ3) is 6.76. The normalized spacial score (nSPS) is 10.8. The molecule has 1 aromatic heterocycles. The molecule has 0 aliphatic rings. The SMILES string of the molecule is CC(C)NC(=O)Cc1ccc(NC(=O)c2ccsc2NC(=O)c2ccc(C(C)C)cc2)cc1. The summed E-state index contributed by atoms with van der Waals surface area (Å²) in [5.74, 6) is -0.224. The van der Waals surface area contributed by atoms with Crippen LogP contribution in [0.1, 0.15) is 65.5 Å². The third-order valence-electron chi connectivity index (χ3n) is 5.00.